The maximum absolute atomic E-state index is 11.0. The highest BCUT2D eigenvalue weighted by molar-refractivity contribution is 8.01. The molecule has 1 spiro atoms. The topological polar surface area (TPSA) is 90.2 Å². The molecule has 0 radical (unpaired) electrons. The lowest BCUT2D eigenvalue weighted by Gasteiger charge is -2.49. The Morgan fingerprint density at radius 2 is 1.78 bits per heavy atom. The van der Waals surface area contributed by atoms with Crippen molar-refractivity contribution in [1.29, 1.82) is 0 Å². The van der Waals surface area contributed by atoms with Crippen molar-refractivity contribution in [1.82, 2.24) is 0 Å². The lowest BCUT2D eigenvalue weighted by atomic mass is 9.92. The first-order valence-electron chi connectivity index (χ1n) is 11.1. The Bertz CT molecular complexity index is 1110. The molecule has 0 unspecified atom stereocenters. The SMILES string of the molecule is CCc1ccc(Cc2cccc3c4c(sc23)[C@]2(OCC4)S[C@H](CO)[C@@H](O)[C@H](O)[C@H]2O)cc1. The van der Waals surface area contributed by atoms with Crippen LogP contribution in [0.1, 0.15) is 34.1 Å². The van der Waals surface area contributed by atoms with Crippen molar-refractivity contribution in [2.24, 2.45) is 0 Å². The van der Waals surface area contributed by atoms with Crippen molar-refractivity contribution < 1.29 is 25.2 Å². The smallest absolute Gasteiger partial charge is 0.177 e. The number of fused-ring (bicyclic) bond motifs is 4. The third kappa shape index (κ3) is 3.51. The molecule has 5 nitrogen and oxygen atoms in total. The van der Waals surface area contributed by atoms with Gasteiger partial charge in [-0.25, -0.2) is 0 Å². The van der Waals surface area contributed by atoms with Gasteiger partial charge in [0.1, 0.15) is 12.2 Å². The molecular formula is C25H28O5S2. The number of aryl methyl sites for hydroxylation is 1. The highest BCUT2D eigenvalue weighted by Gasteiger charge is 2.57. The van der Waals surface area contributed by atoms with Crippen molar-refractivity contribution in [3.63, 3.8) is 0 Å². The van der Waals surface area contributed by atoms with Gasteiger partial charge in [0.2, 0.25) is 0 Å². The average Bonchev–Trinajstić information content (AvgIpc) is 3.22. The molecule has 0 aliphatic carbocycles. The van der Waals surface area contributed by atoms with Gasteiger partial charge in [0.15, 0.2) is 4.93 Å². The molecule has 3 aromatic rings. The fraction of sp³-hybridized carbons (Fsp3) is 0.440. The highest BCUT2D eigenvalue weighted by atomic mass is 32.2. The second kappa shape index (κ2) is 8.72. The molecule has 2 aliphatic heterocycles. The van der Waals surface area contributed by atoms with Crippen LogP contribution in [0.3, 0.4) is 0 Å². The zero-order valence-electron chi connectivity index (χ0n) is 17.9. The van der Waals surface area contributed by atoms with E-state index in [4.69, 9.17) is 4.74 Å². The number of thiophene rings is 1. The summed E-state index contributed by atoms with van der Waals surface area (Å²) in [6.07, 6.45) is -1.34. The Morgan fingerprint density at radius 3 is 2.50 bits per heavy atom. The van der Waals surface area contributed by atoms with E-state index in [9.17, 15) is 20.4 Å². The first-order chi connectivity index (χ1) is 15.5. The Morgan fingerprint density at radius 1 is 1.03 bits per heavy atom. The van der Waals surface area contributed by atoms with Crippen LogP contribution in [-0.4, -0.2) is 57.2 Å². The summed E-state index contributed by atoms with van der Waals surface area (Å²) in [5, 5.41) is 42.2. The summed E-state index contributed by atoms with van der Waals surface area (Å²) >= 11 is 2.82. The Balaban J connectivity index is 1.59. The number of benzene rings is 2. The van der Waals surface area contributed by atoms with Crippen LogP contribution in [0.25, 0.3) is 10.1 Å². The van der Waals surface area contributed by atoms with E-state index in [0.29, 0.717) is 6.61 Å². The van der Waals surface area contributed by atoms with Crippen molar-refractivity contribution in [3.8, 4) is 0 Å². The maximum atomic E-state index is 11.0. The van der Waals surface area contributed by atoms with Crippen molar-refractivity contribution >= 4 is 33.2 Å². The average molecular weight is 473 g/mol. The number of aliphatic hydroxyl groups is 4. The molecule has 170 valence electrons. The molecule has 5 rings (SSSR count). The molecule has 1 fully saturated rings. The Hall–Kier alpha value is -1.45. The number of thioether (sulfide) groups is 1. The predicted octanol–water partition coefficient (Wildman–Crippen LogP) is 2.97. The van der Waals surface area contributed by atoms with Gasteiger partial charge in [0, 0.05) is 4.70 Å². The minimum absolute atomic E-state index is 0.306. The largest absolute Gasteiger partial charge is 0.395 e. The van der Waals surface area contributed by atoms with Gasteiger partial charge >= 0.3 is 0 Å². The molecule has 7 heteroatoms. The number of rotatable bonds is 4. The first kappa shape index (κ1) is 22.3. The van der Waals surface area contributed by atoms with Gasteiger partial charge in [-0.15, -0.1) is 23.1 Å². The standard InChI is InChI=1S/C25H28O5S2/c1-2-14-6-8-15(9-7-14)12-16-4-3-5-17-18-10-11-30-25(24(18)31-22(16)17)23(29)21(28)20(27)19(13-26)32-25/h3-9,19-21,23,26-29H,2,10-13H2,1H3/t19-,20-,21+,23-,25-/m1/s1. The van der Waals surface area contributed by atoms with E-state index in [-0.39, 0.29) is 6.61 Å². The fourth-order valence-corrected chi connectivity index (χ4v) is 8.02. The summed E-state index contributed by atoms with van der Waals surface area (Å²) in [5.74, 6) is 0. The molecule has 32 heavy (non-hydrogen) atoms. The van der Waals surface area contributed by atoms with E-state index < -0.39 is 28.5 Å². The van der Waals surface area contributed by atoms with Gasteiger partial charge in [-0.1, -0.05) is 49.4 Å². The lowest BCUT2D eigenvalue weighted by molar-refractivity contribution is -0.154. The maximum Gasteiger partial charge on any atom is 0.177 e. The van der Waals surface area contributed by atoms with Crippen molar-refractivity contribution in [2.45, 2.75) is 54.7 Å². The van der Waals surface area contributed by atoms with E-state index in [2.05, 4.69) is 49.4 Å². The summed E-state index contributed by atoms with van der Waals surface area (Å²) in [7, 11) is 0. The van der Waals surface area contributed by atoms with Crippen LogP contribution in [0.15, 0.2) is 42.5 Å². The van der Waals surface area contributed by atoms with Crippen LogP contribution in [0.2, 0.25) is 0 Å². The molecule has 5 atom stereocenters. The molecule has 1 aromatic heterocycles. The summed E-state index contributed by atoms with van der Waals surface area (Å²) in [6, 6.07) is 15.0. The second-order valence-corrected chi connectivity index (χ2v) is 11.0. The summed E-state index contributed by atoms with van der Waals surface area (Å²) in [6.45, 7) is 2.26. The second-order valence-electron chi connectivity index (χ2n) is 8.58. The van der Waals surface area contributed by atoms with E-state index in [1.165, 1.54) is 28.5 Å². The van der Waals surface area contributed by atoms with Gasteiger partial charge in [-0.05, 0) is 46.9 Å². The molecule has 4 N–H and O–H groups in total. The molecule has 3 heterocycles. The Kier molecular flexibility index (Phi) is 6.09. The number of hydrogen-bond donors (Lipinski definition) is 4. The monoisotopic (exact) mass is 472 g/mol. The van der Waals surface area contributed by atoms with Gasteiger partial charge in [0.05, 0.1) is 29.4 Å². The van der Waals surface area contributed by atoms with Crippen LogP contribution < -0.4 is 0 Å². The van der Waals surface area contributed by atoms with Gasteiger partial charge < -0.3 is 25.2 Å². The van der Waals surface area contributed by atoms with E-state index in [1.54, 1.807) is 11.3 Å². The number of hydrogen-bond acceptors (Lipinski definition) is 7. The summed E-state index contributed by atoms with van der Waals surface area (Å²) in [4.78, 5) is -0.307. The van der Waals surface area contributed by atoms with Gasteiger partial charge in [0.25, 0.3) is 0 Å². The fourth-order valence-electron chi connectivity index (χ4n) is 4.83. The van der Waals surface area contributed by atoms with Crippen LogP contribution in [0.4, 0.5) is 0 Å². The van der Waals surface area contributed by atoms with E-state index in [0.717, 1.165) is 39.8 Å². The molecule has 0 saturated carbocycles. The van der Waals surface area contributed by atoms with Crippen LogP contribution >= 0.6 is 23.1 Å². The lowest BCUT2D eigenvalue weighted by Crippen LogP contribution is -2.60. The Labute approximate surface area is 195 Å². The van der Waals surface area contributed by atoms with E-state index >= 15 is 0 Å². The van der Waals surface area contributed by atoms with Crippen molar-refractivity contribution in [2.75, 3.05) is 13.2 Å². The van der Waals surface area contributed by atoms with E-state index in [1.807, 2.05) is 0 Å². The number of aliphatic hydroxyl groups excluding tert-OH is 4. The zero-order chi connectivity index (χ0) is 22.5. The minimum atomic E-state index is -1.39. The molecule has 2 aromatic carbocycles. The van der Waals surface area contributed by atoms with Gasteiger partial charge in [-0.2, -0.15) is 0 Å². The zero-order valence-corrected chi connectivity index (χ0v) is 19.5. The summed E-state index contributed by atoms with van der Waals surface area (Å²) < 4.78 is 7.31. The highest BCUT2D eigenvalue weighted by Crippen LogP contribution is 2.56. The molecule has 1 saturated heterocycles. The quantitative estimate of drug-likeness (QED) is 0.467. The predicted molar refractivity (Wildman–Crippen MR) is 128 cm³/mol. The first-order valence-corrected chi connectivity index (χ1v) is 12.8. The third-order valence-corrected chi connectivity index (χ3v) is 9.87. The normalized spacial score (nSPS) is 30.0. The van der Waals surface area contributed by atoms with Crippen LogP contribution in [0.5, 0.6) is 0 Å². The minimum Gasteiger partial charge on any atom is -0.395 e. The molecule has 0 bridgehead atoms. The molecule has 0 amide bonds. The van der Waals surface area contributed by atoms with Crippen LogP contribution in [-0.2, 0) is 28.9 Å². The molecule has 2 aliphatic rings. The number of ether oxygens (including phenoxy) is 1. The third-order valence-electron chi connectivity index (χ3n) is 6.66. The molecular weight excluding hydrogens is 444 g/mol. The van der Waals surface area contributed by atoms with Gasteiger partial charge in [-0.3, -0.25) is 0 Å². The van der Waals surface area contributed by atoms with Crippen molar-refractivity contribution in [3.05, 3.63) is 69.6 Å². The summed E-state index contributed by atoms with van der Waals surface area (Å²) in [5.41, 5.74) is 4.92. The van der Waals surface area contributed by atoms with Crippen LogP contribution in [0, 0.1) is 0 Å².